The monoisotopic (exact) mass is 435 g/mol. The molecule has 0 fully saturated rings. The van der Waals surface area contributed by atoms with Gasteiger partial charge in [0.1, 0.15) is 12.4 Å². The van der Waals surface area contributed by atoms with Crippen molar-refractivity contribution < 1.29 is 23.0 Å². The van der Waals surface area contributed by atoms with E-state index in [1.165, 1.54) is 37.4 Å². The van der Waals surface area contributed by atoms with Gasteiger partial charge in [-0.05, 0) is 47.9 Å². The third kappa shape index (κ3) is 4.45. The molecule has 0 aliphatic rings. The van der Waals surface area contributed by atoms with Crippen molar-refractivity contribution >= 4 is 11.6 Å². The van der Waals surface area contributed by atoms with Gasteiger partial charge in [0.15, 0.2) is 5.60 Å². The fourth-order valence-corrected chi connectivity index (χ4v) is 3.69. The van der Waals surface area contributed by atoms with Crippen molar-refractivity contribution in [1.82, 2.24) is 4.98 Å². The number of hydrogen-bond acceptors (Lipinski definition) is 3. The van der Waals surface area contributed by atoms with Crippen LogP contribution >= 0.6 is 11.6 Å². The highest BCUT2D eigenvalue weighted by atomic mass is 35.5. The normalized spacial score (nSPS) is 14.8. The largest absolute Gasteiger partial charge is 0.489 e. The topological polar surface area (TPSA) is 42.4 Å². The summed E-state index contributed by atoms with van der Waals surface area (Å²) in [5.41, 5.74) is -1.92. The van der Waals surface area contributed by atoms with E-state index in [9.17, 15) is 18.3 Å². The molecule has 0 saturated carbocycles. The number of pyridine rings is 1. The molecule has 1 N–H and O–H groups in total. The maximum atomic E-state index is 14.0. The number of hydrogen-bond donors (Lipinski definition) is 1. The minimum Gasteiger partial charge on any atom is -0.489 e. The number of halogens is 4. The zero-order chi connectivity index (χ0) is 21.9. The quantitative estimate of drug-likeness (QED) is 0.503. The predicted molar refractivity (Wildman–Crippen MR) is 110 cm³/mol. The first kappa shape index (κ1) is 22.1. The highest BCUT2D eigenvalue weighted by molar-refractivity contribution is 6.31. The van der Waals surface area contributed by atoms with Crippen LogP contribution in [-0.2, 0) is 12.2 Å². The van der Waals surface area contributed by atoms with Crippen molar-refractivity contribution in [3.8, 4) is 5.75 Å². The smallest absolute Gasteiger partial charge is 0.422 e. The van der Waals surface area contributed by atoms with E-state index in [0.717, 1.165) is 5.56 Å². The number of alkyl halides is 3. The van der Waals surface area contributed by atoms with Gasteiger partial charge >= 0.3 is 6.18 Å². The number of aromatic nitrogens is 1. The van der Waals surface area contributed by atoms with Crippen LogP contribution < -0.4 is 4.74 Å². The number of rotatable bonds is 6. The lowest BCUT2D eigenvalue weighted by molar-refractivity contribution is -0.274. The Morgan fingerprint density at radius 1 is 1.07 bits per heavy atom. The lowest BCUT2D eigenvalue weighted by Gasteiger charge is -2.37. The minimum absolute atomic E-state index is 0.0847. The summed E-state index contributed by atoms with van der Waals surface area (Å²) in [6, 6.07) is 16.3. The summed E-state index contributed by atoms with van der Waals surface area (Å²) in [6.45, 7) is 3.17. The molecule has 0 bridgehead atoms. The van der Waals surface area contributed by atoms with Gasteiger partial charge in [0.25, 0.3) is 0 Å². The van der Waals surface area contributed by atoms with E-state index in [1.54, 1.807) is 13.0 Å². The fourth-order valence-electron chi connectivity index (χ4n) is 3.36. The first-order valence-electron chi connectivity index (χ1n) is 9.31. The summed E-state index contributed by atoms with van der Waals surface area (Å²) in [4.78, 5) is 3.92. The van der Waals surface area contributed by atoms with Crippen LogP contribution in [0.5, 0.6) is 5.75 Å². The number of nitrogens with zero attached hydrogens (tertiary/aromatic N) is 1. The Labute approximate surface area is 178 Å². The number of aryl methyl sites for hydroxylation is 1. The van der Waals surface area contributed by atoms with Gasteiger partial charge in [0, 0.05) is 22.8 Å². The van der Waals surface area contributed by atoms with E-state index >= 15 is 0 Å². The molecule has 30 heavy (non-hydrogen) atoms. The molecule has 2 atom stereocenters. The molecule has 1 heterocycles. The van der Waals surface area contributed by atoms with E-state index in [0.29, 0.717) is 18.1 Å². The van der Waals surface area contributed by atoms with Crippen LogP contribution in [0.3, 0.4) is 0 Å². The van der Waals surface area contributed by atoms with Gasteiger partial charge in [0.2, 0.25) is 0 Å². The van der Waals surface area contributed by atoms with Gasteiger partial charge in [-0.2, -0.15) is 13.2 Å². The van der Waals surface area contributed by atoms with E-state index in [1.807, 2.05) is 30.3 Å². The van der Waals surface area contributed by atoms with E-state index < -0.39 is 17.7 Å². The zero-order valence-electron chi connectivity index (χ0n) is 16.4. The standard InChI is InChI=1S/C23H21ClF3NO2/c1-15-12-18(10-11-28-15)22(29,23(25,26)27)16(2)20-9-8-19(13-21(20)24)30-14-17-6-4-3-5-7-17/h3-13,16,29H,14H2,1-2H3. The molecule has 1 aromatic heterocycles. The van der Waals surface area contributed by atoms with Gasteiger partial charge in [-0.3, -0.25) is 4.98 Å². The van der Waals surface area contributed by atoms with E-state index in [-0.39, 0.29) is 16.1 Å². The molecule has 7 heteroatoms. The number of aliphatic hydroxyl groups is 1. The lowest BCUT2D eigenvalue weighted by atomic mass is 9.78. The molecule has 3 aromatic rings. The van der Waals surface area contributed by atoms with Gasteiger partial charge in [-0.15, -0.1) is 0 Å². The second kappa shape index (κ2) is 8.66. The Kier molecular flexibility index (Phi) is 6.38. The summed E-state index contributed by atoms with van der Waals surface area (Å²) < 4.78 is 47.8. The summed E-state index contributed by atoms with van der Waals surface area (Å²) in [5, 5.41) is 11.0. The molecule has 0 radical (unpaired) electrons. The van der Waals surface area contributed by atoms with Crippen molar-refractivity contribution in [2.75, 3.05) is 0 Å². The first-order valence-corrected chi connectivity index (χ1v) is 9.69. The molecule has 2 aromatic carbocycles. The average Bonchev–Trinajstić information content (AvgIpc) is 2.71. The summed E-state index contributed by atoms with van der Waals surface area (Å²) >= 11 is 6.31. The van der Waals surface area contributed by atoms with Crippen LogP contribution in [0.2, 0.25) is 5.02 Å². The zero-order valence-corrected chi connectivity index (χ0v) is 17.2. The molecule has 0 saturated heterocycles. The molecule has 2 unspecified atom stereocenters. The maximum Gasteiger partial charge on any atom is 0.422 e. The first-order chi connectivity index (χ1) is 14.1. The van der Waals surface area contributed by atoms with Crippen molar-refractivity contribution in [2.24, 2.45) is 0 Å². The Bertz CT molecular complexity index is 1010. The van der Waals surface area contributed by atoms with Gasteiger partial charge in [-0.25, -0.2) is 0 Å². The molecule has 0 aliphatic carbocycles. The SMILES string of the molecule is Cc1cc(C(O)(C(C)c2ccc(OCc3ccccc3)cc2Cl)C(F)(F)F)ccn1. The molecule has 0 aliphatic heterocycles. The summed E-state index contributed by atoms with van der Waals surface area (Å²) in [7, 11) is 0. The third-order valence-corrected chi connectivity index (χ3v) is 5.41. The van der Waals surface area contributed by atoms with Crippen molar-refractivity contribution in [3.05, 3.63) is 94.3 Å². The Morgan fingerprint density at radius 2 is 1.77 bits per heavy atom. The van der Waals surface area contributed by atoms with Crippen LogP contribution in [0.1, 0.15) is 35.2 Å². The fraction of sp³-hybridized carbons (Fsp3) is 0.261. The molecule has 0 amide bonds. The van der Waals surface area contributed by atoms with Gasteiger partial charge < -0.3 is 9.84 Å². The second-order valence-corrected chi connectivity index (χ2v) is 7.54. The summed E-state index contributed by atoms with van der Waals surface area (Å²) in [6.07, 6.45) is -3.68. The van der Waals surface area contributed by atoms with E-state index in [4.69, 9.17) is 16.3 Å². The number of ether oxygens (including phenoxy) is 1. The van der Waals surface area contributed by atoms with Crippen molar-refractivity contribution in [1.29, 1.82) is 0 Å². The van der Waals surface area contributed by atoms with Crippen LogP contribution in [0, 0.1) is 6.92 Å². The highest BCUT2D eigenvalue weighted by Crippen LogP contribution is 2.50. The third-order valence-electron chi connectivity index (χ3n) is 5.08. The van der Waals surface area contributed by atoms with Gasteiger partial charge in [0.05, 0.1) is 0 Å². The summed E-state index contributed by atoms with van der Waals surface area (Å²) in [5.74, 6) is -0.940. The number of benzene rings is 2. The maximum absolute atomic E-state index is 14.0. The van der Waals surface area contributed by atoms with Crippen LogP contribution in [0.25, 0.3) is 0 Å². The van der Waals surface area contributed by atoms with Crippen LogP contribution in [-0.4, -0.2) is 16.3 Å². The highest BCUT2D eigenvalue weighted by Gasteiger charge is 2.59. The molecular weight excluding hydrogens is 415 g/mol. The Hall–Kier alpha value is -2.57. The predicted octanol–water partition coefficient (Wildman–Crippen LogP) is 6.18. The lowest BCUT2D eigenvalue weighted by Crippen LogP contribution is -2.46. The molecule has 3 nitrogen and oxygen atoms in total. The van der Waals surface area contributed by atoms with Crippen molar-refractivity contribution in [2.45, 2.75) is 38.1 Å². The second-order valence-electron chi connectivity index (χ2n) is 7.13. The molecule has 0 spiro atoms. The van der Waals surface area contributed by atoms with E-state index in [2.05, 4.69) is 4.98 Å². The van der Waals surface area contributed by atoms with Gasteiger partial charge in [-0.1, -0.05) is 54.9 Å². The van der Waals surface area contributed by atoms with Crippen LogP contribution in [0.4, 0.5) is 13.2 Å². The van der Waals surface area contributed by atoms with Crippen molar-refractivity contribution in [3.63, 3.8) is 0 Å². The average molecular weight is 436 g/mol. The Morgan fingerprint density at radius 3 is 2.37 bits per heavy atom. The Balaban J connectivity index is 1.91. The molecule has 3 rings (SSSR count). The minimum atomic E-state index is -4.92. The molecular formula is C23H21ClF3NO2. The molecule has 158 valence electrons. The van der Waals surface area contributed by atoms with Crippen LogP contribution in [0.15, 0.2) is 66.9 Å².